The molecule has 82 valence electrons. The van der Waals surface area contributed by atoms with Gasteiger partial charge in [-0.3, -0.25) is 0 Å². The molecular weight excluding hydrogens is 188 g/mol. The standard InChI is InChI=1S/C12H18N2O/c1-9(13)11-3-2-7-14-12(11)15-8-6-10-4-5-10/h2-3,7,9-10H,4-6,8,13H2,1H3/t9-/m0/s1. The number of hydrogen-bond donors (Lipinski definition) is 1. The van der Waals surface area contributed by atoms with Crippen molar-refractivity contribution in [1.82, 2.24) is 4.98 Å². The Kier molecular flexibility index (Phi) is 3.21. The lowest BCUT2D eigenvalue weighted by Crippen LogP contribution is -2.10. The first-order valence-electron chi connectivity index (χ1n) is 5.60. The molecule has 0 amide bonds. The normalized spacial score (nSPS) is 17.5. The molecule has 0 aromatic carbocycles. The average Bonchev–Trinajstić information content (AvgIpc) is 3.02. The fourth-order valence-electron chi connectivity index (χ4n) is 1.60. The van der Waals surface area contributed by atoms with Gasteiger partial charge in [0.1, 0.15) is 0 Å². The lowest BCUT2D eigenvalue weighted by Gasteiger charge is -2.12. The first kappa shape index (κ1) is 10.4. The molecule has 1 fully saturated rings. The second-order valence-corrected chi connectivity index (χ2v) is 4.27. The highest BCUT2D eigenvalue weighted by atomic mass is 16.5. The van der Waals surface area contributed by atoms with E-state index in [1.807, 2.05) is 19.1 Å². The summed E-state index contributed by atoms with van der Waals surface area (Å²) in [5.74, 6) is 1.60. The third kappa shape index (κ3) is 2.93. The first-order valence-corrected chi connectivity index (χ1v) is 5.60. The summed E-state index contributed by atoms with van der Waals surface area (Å²) in [6, 6.07) is 3.85. The number of hydrogen-bond acceptors (Lipinski definition) is 3. The predicted octanol–water partition coefficient (Wildman–Crippen LogP) is 2.28. The SMILES string of the molecule is C[C@H](N)c1cccnc1OCCC1CC1. The van der Waals surface area contributed by atoms with Gasteiger partial charge in [-0.25, -0.2) is 4.98 Å². The third-order valence-corrected chi connectivity index (χ3v) is 2.75. The average molecular weight is 206 g/mol. The molecule has 2 rings (SSSR count). The van der Waals surface area contributed by atoms with Crippen LogP contribution in [0, 0.1) is 5.92 Å². The fraction of sp³-hybridized carbons (Fsp3) is 0.583. The van der Waals surface area contributed by atoms with Gasteiger partial charge < -0.3 is 10.5 Å². The molecule has 1 atom stereocenters. The van der Waals surface area contributed by atoms with Gasteiger partial charge in [0.2, 0.25) is 5.88 Å². The van der Waals surface area contributed by atoms with E-state index in [1.165, 1.54) is 12.8 Å². The van der Waals surface area contributed by atoms with Gasteiger partial charge in [-0.1, -0.05) is 18.9 Å². The van der Waals surface area contributed by atoms with Crippen LogP contribution in [0.3, 0.4) is 0 Å². The van der Waals surface area contributed by atoms with E-state index in [4.69, 9.17) is 10.5 Å². The van der Waals surface area contributed by atoms with Crippen LogP contribution in [0.1, 0.15) is 37.8 Å². The summed E-state index contributed by atoms with van der Waals surface area (Å²) in [5.41, 5.74) is 6.83. The van der Waals surface area contributed by atoms with E-state index in [1.54, 1.807) is 6.20 Å². The van der Waals surface area contributed by atoms with Crippen molar-refractivity contribution >= 4 is 0 Å². The number of ether oxygens (including phenoxy) is 1. The maximum absolute atomic E-state index is 5.84. The molecule has 1 heterocycles. The summed E-state index contributed by atoms with van der Waals surface area (Å²) >= 11 is 0. The molecule has 0 unspecified atom stereocenters. The van der Waals surface area contributed by atoms with Gasteiger partial charge in [0, 0.05) is 17.8 Å². The molecular formula is C12H18N2O. The van der Waals surface area contributed by atoms with Crippen LogP contribution in [0.4, 0.5) is 0 Å². The van der Waals surface area contributed by atoms with Gasteiger partial charge >= 0.3 is 0 Å². The fourth-order valence-corrected chi connectivity index (χ4v) is 1.60. The molecule has 2 N–H and O–H groups in total. The summed E-state index contributed by atoms with van der Waals surface area (Å²) in [5, 5.41) is 0. The van der Waals surface area contributed by atoms with Crippen LogP contribution < -0.4 is 10.5 Å². The van der Waals surface area contributed by atoms with Crippen LogP contribution in [0.5, 0.6) is 5.88 Å². The number of pyridine rings is 1. The molecule has 1 saturated carbocycles. The summed E-state index contributed by atoms with van der Waals surface area (Å²) in [7, 11) is 0. The Balaban J connectivity index is 1.92. The van der Waals surface area contributed by atoms with Crippen molar-refractivity contribution in [1.29, 1.82) is 0 Å². The van der Waals surface area contributed by atoms with E-state index in [-0.39, 0.29) is 6.04 Å². The number of rotatable bonds is 5. The van der Waals surface area contributed by atoms with Crippen molar-refractivity contribution in [3.05, 3.63) is 23.9 Å². The zero-order valence-corrected chi connectivity index (χ0v) is 9.15. The quantitative estimate of drug-likeness (QED) is 0.804. The molecule has 1 aliphatic rings. The van der Waals surface area contributed by atoms with Crippen LogP contribution in [0.15, 0.2) is 18.3 Å². The topological polar surface area (TPSA) is 48.1 Å². The van der Waals surface area contributed by atoms with E-state index in [2.05, 4.69) is 4.98 Å². The number of nitrogens with two attached hydrogens (primary N) is 1. The van der Waals surface area contributed by atoms with Crippen LogP contribution in [-0.4, -0.2) is 11.6 Å². The maximum atomic E-state index is 5.84. The smallest absolute Gasteiger partial charge is 0.218 e. The Bertz CT molecular complexity index is 321. The van der Waals surface area contributed by atoms with Crippen LogP contribution in [0.25, 0.3) is 0 Å². The lowest BCUT2D eigenvalue weighted by atomic mass is 10.1. The summed E-state index contributed by atoms with van der Waals surface area (Å²) < 4.78 is 5.66. The molecule has 1 aromatic heterocycles. The van der Waals surface area contributed by atoms with E-state index in [9.17, 15) is 0 Å². The Morgan fingerprint density at radius 1 is 1.60 bits per heavy atom. The van der Waals surface area contributed by atoms with Gasteiger partial charge in [0.25, 0.3) is 0 Å². The minimum Gasteiger partial charge on any atom is -0.477 e. The lowest BCUT2D eigenvalue weighted by molar-refractivity contribution is 0.287. The highest BCUT2D eigenvalue weighted by Gasteiger charge is 2.21. The van der Waals surface area contributed by atoms with Crippen molar-refractivity contribution in [2.75, 3.05) is 6.61 Å². The Hall–Kier alpha value is -1.09. The van der Waals surface area contributed by atoms with E-state index in [0.717, 1.165) is 24.5 Å². The van der Waals surface area contributed by atoms with Crippen LogP contribution in [0.2, 0.25) is 0 Å². The van der Waals surface area contributed by atoms with Crippen molar-refractivity contribution in [3.8, 4) is 5.88 Å². The Morgan fingerprint density at radius 2 is 2.40 bits per heavy atom. The predicted molar refractivity (Wildman–Crippen MR) is 59.7 cm³/mol. The van der Waals surface area contributed by atoms with E-state index in [0.29, 0.717) is 5.88 Å². The minimum absolute atomic E-state index is 0.0189. The highest BCUT2D eigenvalue weighted by molar-refractivity contribution is 5.28. The van der Waals surface area contributed by atoms with Crippen molar-refractivity contribution < 1.29 is 4.74 Å². The zero-order valence-electron chi connectivity index (χ0n) is 9.15. The molecule has 15 heavy (non-hydrogen) atoms. The van der Waals surface area contributed by atoms with E-state index >= 15 is 0 Å². The number of nitrogens with zero attached hydrogens (tertiary/aromatic N) is 1. The van der Waals surface area contributed by atoms with Gasteiger partial charge in [-0.15, -0.1) is 0 Å². The molecule has 0 aliphatic heterocycles. The summed E-state index contributed by atoms with van der Waals surface area (Å²) in [4.78, 5) is 4.21. The number of aromatic nitrogens is 1. The highest BCUT2D eigenvalue weighted by Crippen LogP contribution is 2.32. The molecule has 3 heteroatoms. The molecule has 0 saturated heterocycles. The third-order valence-electron chi connectivity index (χ3n) is 2.75. The van der Waals surface area contributed by atoms with Crippen LogP contribution in [-0.2, 0) is 0 Å². The monoisotopic (exact) mass is 206 g/mol. The second-order valence-electron chi connectivity index (χ2n) is 4.27. The summed E-state index contributed by atoms with van der Waals surface area (Å²) in [6.45, 7) is 2.71. The van der Waals surface area contributed by atoms with Gasteiger partial charge in [-0.05, 0) is 25.3 Å². The van der Waals surface area contributed by atoms with Crippen LogP contribution >= 0.6 is 0 Å². The Morgan fingerprint density at radius 3 is 3.07 bits per heavy atom. The van der Waals surface area contributed by atoms with Gasteiger partial charge in [-0.2, -0.15) is 0 Å². The first-order chi connectivity index (χ1) is 7.27. The van der Waals surface area contributed by atoms with Gasteiger partial charge in [0.05, 0.1) is 6.61 Å². The second kappa shape index (κ2) is 4.62. The van der Waals surface area contributed by atoms with Crippen molar-refractivity contribution in [3.63, 3.8) is 0 Å². The molecule has 0 radical (unpaired) electrons. The molecule has 0 bridgehead atoms. The van der Waals surface area contributed by atoms with Gasteiger partial charge in [0.15, 0.2) is 0 Å². The maximum Gasteiger partial charge on any atom is 0.218 e. The van der Waals surface area contributed by atoms with E-state index < -0.39 is 0 Å². The van der Waals surface area contributed by atoms with Crippen molar-refractivity contribution in [2.24, 2.45) is 11.7 Å². The molecule has 1 aromatic rings. The molecule has 1 aliphatic carbocycles. The summed E-state index contributed by atoms with van der Waals surface area (Å²) in [6.07, 6.45) is 5.63. The minimum atomic E-state index is -0.0189. The van der Waals surface area contributed by atoms with Crippen molar-refractivity contribution in [2.45, 2.75) is 32.2 Å². The Labute approximate surface area is 90.7 Å². The molecule has 0 spiro atoms. The zero-order chi connectivity index (χ0) is 10.7. The molecule has 3 nitrogen and oxygen atoms in total. The largest absolute Gasteiger partial charge is 0.477 e.